The molecule has 1 aromatic heterocycles. The van der Waals surface area contributed by atoms with Crippen LogP contribution in [0.15, 0.2) is 18.2 Å². The number of halogens is 1. The Morgan fingerprint density at radius 1 is 1.44 bits per heavy atom. The van der Waals surface area contributed by atoms with Gasteiger partial charge in [0.05, 0.1) is 0 Å². The monoisotopic (exact) mass is 269 g/mol. The van der Waals surface area contributed by atoms with Gasteiger partial charge in [-0.15, -0.1) is 0 Å². The van der Waals surface area contributed by atoms with Crippen LogP contribution in [-0.4, -0.2) is 53.5 Å². The number of thioether (sulfide) groups is 1. The van der Waals surface area contributed by atoms with Crippen molar-refractivity contribution in [3.05, 3.63) is 29.8 Å². The van der Waals surface area contributed by atoms with E-state index in [4.69, 9.17) is 0 Å². The third-order valence-electron chi connectivity index (χ3n) is 2.77. The molecule has 0 aliphatic carbocycles. The number of aromatic nitrogens is 1. The topological polar surface area (TPSA) is 45.2 Å². The van der Waals surface area contributed by atoms with E-state index in [0.29, 0.717) is 6.54 Å². The van der Waals surface area contributed by atoms with E-state index in [2.05, 4.69) is 15.2 Å². The minimum atomic E-state index is -0.629. The van der Waals surface area contributed by atoms with E-state index in [1.165, 1.54) is 18.2 Å². The van der Waals surface area contributed by atoms with E-state index in [9.17, 15) is 9.18 Å². The first-order chi connectivity index (χ1) is 8.75. The molecule has 0 saturated carbocycles. The molecule has 0 atom stereocenters. The van der Waals surface area contributed by atoms with Crippen molar-refractivity contribution >= 4 is 17.7 Å². The highest BCUT2D eigenvalue weighted by Gasteiger charge is 2.11. The molecule has 2 rings (SSSR count). The molecule has 0 aromatic carbocycles. The Morgan fingerprint density at radius 3 is 2.94 bits per heavy atom. The third kappa shape index (κ3) is 3.96. The molecule has 6 heteroatoms. The van der Waals surface area contributed by atoms with Crippen molar-refractivity contribution in [2.24, 2.45) is 0 Å². The fraction of sp³-hybridized carbons (Fsp3) is 0.500. The summed E-state index contributed by atoms with van der Waals surface area (Å²) in [6, 6.07) is 4.22. The summed E-state index contributed by atoms with van der Waals surface area (Å²) < 4.78 is 12.8. The normalized spacial score (nSPS) is 16.5. The van der Waals surface area contributed by atoms with Crippen LogP contribution in [0.3, 0.4) is 0 Å². The summed E-state index contributed by atoms with van der Waals surface area (Å²) in [6.07, 6.45) is 0. The molecule has 1 aliphatic heterocycles. The van der Waals surface area contributed by atoms with Crippen molar-refractivity contribution in [3.8, 4) is 0 Å². The Labute approximate surface area is 110 Å². The Balaban J connectivity index is 1.74. The highest BCUT2D eigenvalue weighted by Crippen LogP contribution is 2.07. The molecule has 2 heterocycles. The lowest BCUT2D eigenvalue weighted by Crippen LogP contribution is -2.39. The van der Waals surface area contributed by atoms with Crippen LogP contribution in [0.1, 0.15) is 10.5 Å². The molecule has 0 radical (unpaired) electrons. The summed E-state index contributed by atoms with van der Waals surface area (Å²) in [4.78, 5) is 17.5. The number of pyridine rings is 1. The summed E-state index contributed by atoms with van der Waals surface area (Å²) in [6.45, 7) is 3.54. The van der Waals surface area contributed by atoms with Crippen LogP contribution in [0.2, 0.25) is 0 Å². The molecule has 1 fully saturated rings. The molecule has 1 amide bonds. The van der Waals surface area contributed by atoms with E-state index in [0.717, 1.165) is 31.1 Å². The predicted molar refractivity (Wildman–Crippen MR) is 70.3 cm³/mol. The second-order valence-corrected chi connectivity index (χ2v) is 5.28. The first-order valence-electron chi connectivity index (χ1n) is 5.96. The van der Waals surface area contributed by atoms with Gasteiger partial charge in [-0.2, -0.15) is 16.2 Å². The average Bonchev–Trinajstić information content (AvgIpc) is 2.40. The second-order valence-electron chi connectivity index (χ2n) is 4.06. The Bertz CT molecular complexity index is 410. The van der Waals surface area contributed by atoms with Crippen LogP contribution in [0.5, 0.6) is 0 Å². The molecular formula is C12H16FN3OS. The largest absolute Gasteiger partial charge is 0.349 e. The lowest BCUT2D eigenvalue weighted by molar-refractivity contribution is 0.0943. The van der Waals surface area contributed by atoms with Gasteiger partial charge in [-0.05, 0) is 12.1 Å². The standard InChI is InChI=1S/C12H16FN3OS/c13-11-3-1-2-10(15-11)12(17)14-4-5-16-6-8-18-9-7-16/h1-3H,4-9H2,(H,14,17). The Kier molecular flexibility index (Phi) is 4.95. The number of nitrogens with zero attached hydrogens (tertiary/aromatic N) is 2. The quantitative estimate of drug-likeness (QED) is 0.828. The minimum Gasteiger partial charge on any atom is -0.349 e. The maximum absolute atomic E-state index is 12.8. The lowest BCUT2D eigenvalue weighted by Gasteiger charge is -2.25. The molecule has 1 saturated heterocycles. The fourth-order valence-corrected chi connectivity index (χ4v) is 2.76. The van der Waals surface area contributed by atoms with E-state index >= 15 is 0 Å². The number of hydrogen-bond donors (Lipinski definition) is 1. The summed E-state index contributed by atoms with van der Waals surface area (Å²) in [5, 5.41) is 2.76. The van der Waals surface area contributed by atoms with E-state index in [1.807, 2.05) is 11.8 Å². The number of carbonyl (C=O) groups excluding carboxylic acids is 1. The van der Waals surface area contributed by atoms with Gasteiger partial charge < -0.3 is 5.32 Å². The van der Waals surface area contributed by atoms with Gasteiger partial charge in [-0.3, -0.25) is 9.69 Å². The zero-order valence-electron chi connectivity index (χ0n) is 10.1. The molecule has 1 aliphatic rings. The van der Waals surface area contributed by atoms with Crippen molar-refractivity contribution < 1.29 is 9.18 Å². The molecular weight excluding hydrogens is 253 g/mol. The van der Waals surface area contributed by atoms with Crippen molar-refractivity contribution in [1.82, 2.24) is 15.2 Å². The van der Waals surface area contributed by atoms with Crippen molar-refractivity contribution in [1.29, 1.82) is 0 Å². The van der Waals surface area contributed by atoms with Crippen molar-refractivity contribution in [2.45, 2.75) is 0 Å². The molecule has 0 unspecified atom stereocenters. The number of hydrogen-bond acceptors (Lipinski definition) is 4. The molecule has 18 heavy (non-hydrogen) atoms. The molecule has 0 spiro atoms. The van der Waals surface area contributed by atoms with Gasteiger partial charge in [0.2, 0.25) is 5.95 Å². The van der Waals surface area contributed by atoms with Crippen LogP contribution in [-0.2, 0) is 0 Å². The first-order valence-corrected chi connectivity index (χ1v) is 7.12. The van der Waals surface area contributed by atoms with E-state index in [1.54, 1.807) is 0 Å². The number of nitrogens with one attached hydrogen (secondary N) is 1. The zero-order chi connectivity index (χ0) is 12.8. The number of rotatable bonds is 4. The van der Waals surface area contributed by atoms with Gasteiger partial charge in [0, 0.05) is 37.7 Å². The highest BCUT2D eigenvalue weighted by molar-refractivity contribution is 7.99. The molecule has 98 valence electrons. The molecule has 1 aromatic rings. The van der Waals surface area contributed by atoms with Gasteiger partial charge in [-0.25, -0.2) is 4.98 Å². The van der Waals surface area contributed by atoms with Crippen LogP contribution in [0.4, 0.5) is 4.39 Å². The summed E-state index contributed by atoms with van der Waals surface area (Å²) >= 11 is 1.96. The van der Waals surface area contributed by atoms with Gasteiger partial charge in [0.15, 0.2) is 0 Å². The van der Waals surface area contributed by atoms with Gasteiger partial charge >= 0.3 is 0 Å². The number of amides is 1. The summed E-state index contributed by atoms with van der Waals surface area (Å²) in [5.41, 5.74) is 0.129. The second kappa shape index (κ2) is 6.70. The van der Waals surface area contributed by atoms with Crippen molar-refractivity contribution in [2.75, 3.05) is 37.7 Å². The van der Waals surface area contributed by atoms with Gasteiger partial charge in [-0.1, -0.05) is 6.07 Å². The van der Waals surface area contributed by atoms with Crippen LogP contribution in [0, 0.1) is 5.95 Å². The van der Waals surface area contributed by atoms with Crippen LogP contribution in [0.25, 0.3) is 0 Å². The molecule has 1 N–H and O–H groups in total. The Hall–Kier alpha value is -1.14. The third-order valence-corrected chi connectivity index (χ3v) is 3.71. The maximum atomic E-state index is 12.8. The molecule has 4 nitrogen and oxygen atoms in total. The minimum absolute atomic E-state index is 0.129. The maximum Gasteiger partial charge on any atom is 0.270 e. The molecule has 0 bridgehead atoms. The van der Waals surface area contributed by atoms with E-state index < -0.39 is 5.95 Å². The first kappa shape index (κ1) is 13.3. The van der Waals surface area contributed by atoms with E-state index in [-0.39, 0.29) is 11.6 Å². The number of carbonyl (C=O) groups is 1. The highest BCUT2D eigenvalue weighted by atomic mass is 32.2. The zero-order valence-corrected chi connectivity index (χ0v) is 10.9. The average molecular weight is 269 g/mol. The smallest absolute Gasteiger partial charge is 0.270 e. The SMILES string of the molecule is O=C(NCCN1CCSCC1)c1cccc(F)n1. The Morgan fingerprint density at radius 2 is 2.22 bits per heavy atom. The van der Waals surface area contributed by atoms with Crippen LogP contribution < -0.4 is 5.32 Å². The van der Waals surface area contributed by atoms with Gasteiger partial charge in [0.25, 0.3) is 5.91 Å². The summed E-state index contributed by atoms with van der Waals surface area (Å²) in [7, 11) is 0. The lowest BCUT2D eigenvalue weighted by atomic mass is 10.3. The van der Waals surface area contributed by atoms with Crippen LogP contribution >= 0.6 is 11.8 Å². The van der Waals surface area contributed by atoms with Crippen molar-refractivity contribution in [3.63, 3.8) is 0 Å². The fourth-order valence-electron chi connectivity index (χ4n) is 1.78. The summed E-state index contributed by atoms with van der Waals surface area (Å²) in [5.74, 6) is 1.36. The predicted octanol–water partition coefficient (Wildman–Crippen LogP) is 0.999. The van der Waals surface area contributed by atoms with Gasteiger partial charge in [0.1, 0.15) is 5.69 Å².